The Morgan fingerprint density at radius 1 is 1.13 bits per heavy atom. The average molecular weight is 420 g/mol. The number of hydrogen-bond donors (Lipinski definition) is 1. The second kappa shape index (κ2) is 9.03. The van der Waals surface area contributed by atoms with Gasteiger partial charge in [0.2, 0.25) is 0 Å². The van der Waals surface area contributed by atoms with Crippen molar-refractivity contribution in [2.45, 2.75) is 25.1 Å². The monoisotopic (exact) mass is 419 g/mol. The number of pyridine rings is 1. The van der Waals surface area contributed by atoms with Gasteiger partial charge in [-0.25, -0.2) is 0 Å². The van der Waals surface area contributed by atoms with Crippen LogP contribution in [0.25, 0.3) is 5.65 Å². The molecule has 1 N–H and O–H groups in total. The van der Waals surface area contributed by atoms with Crippen LogP contribution in [0.1, 0.15) is 11.4 Å². The molecule has 2 aromatic heterocycles. The molecule has 31 heavy (non-hydrogen) atoms. The van der Waals surface area contributed by atoms with E-state index in [-0.39, 0.29) is 6.10 Å². The van der Waals surface area contributed by atoms with Crippen molar-refractivity contribution in [2.75, 3.05) is 39.8 Å². The number of ether oxygens (including phenoxy) is 1. The molecule has 2 unspecified atom stereocenters. The molecule has 3 aromatic rings. The number of guanidine groups is 1. The molecule has 0 spiro atoms. The fourth-order valence-corrected chi connectivity index (χ4v) is 4.63. The molecule has 1 aromatic carbocycles. The van der Waals surface area contributed by atoms with Gasteiger partial charge in [0, 0.05) is 52.4 Å². The van der Waals surface area contributed by atoms with Gasteiger partial charge in [0.1, 0.15) is 5.82 Å². The van der Waals surface area contributed by atoms with E-state index in [0.717, 1.165) is 63.2 Å². The molecule has 0 saturated carbocycles. The molecule has 2 atom stereocenters. The van der Waals surface area contributed by atoms with Crippen molar-refractivity contribution >= 4 is 11.6 Å². The van der Waals surface area contributed by atoms with E-state index in [1.165, 1.54) is 5.56 Å². The van der Waals surface area contributed by atoms with Crippen LogP contribution in [0.3, 0.4) is 0 Å². The zero-order valence-corrected chi connectivity index (χ0v) is 17.9. The molecule has 8 nitrogen and oxygen atoms in total. The van der Waals surface area contributed by atoms with E-state index in [4.69, 9.17) is 4.74 Å². The van der Waals surface area contributed by atoms with E-state index in [1.54, 1.807) is 0 Å². The van der Waals surface area contributed by atoms with Gasteiger partial charge in [0.25, 0.3) is 0 Å². The van der Waals surface area contributed by atoms with Gasteiger partial charge < -0.3 is 15.0 Å². The molecule has 0 aliphatic carbocycles. The summed E-state index contributed by atoms with van der Waals surface area (Å²) in [6, 6.07) is 17.0. The van der Waals surface area contributed by atoms with Crippen molar-refractivity contribution in [3.8, 4) is 0 Å². The van der Waals surface area contributed by atoms with Crippen molar-refractivity contribution < 1.29 is 4.74 Å². The van der Waals surface area contributed by atoms with Gasteiger partial charge in [-0.05, 0) is 17.7 Å². The summed E-state index contributed by atoms with van der Waals surface area (Å²) in [7, 11) is 1.85. The average Bonchev–Trinajstić information content (AvgIpc) is 3.42. The Kier molecular flexibility index (Phi) is 5.82. The highest BCUT2D eigenvalue weighted by atomic mass is 16.5. The number of nitrogens with one attached hydrogen (secondary N) is 1. The highest BCUT2D eigenvalue weighted by Gasteiger charge is 2.41. The Bertz CT molecular complexity index is 1030. The van der Waals surface area contributed by atoms with E-state index in [0.29, 0.717) is 6.04 Å². The zero-order chi connectivity index (χ0) is 21.0. The lowest BCUT2D eigenvalue weighted by Crippen LogP contribution is -2.50. The molecule has 162 valence electrons. The number of likely N-dealkylation sites (tertiary alicyclic amines) is 1. The van der Waals surface area contributed by atoms with Crippen molar-refractivity contribution in [1.82, 2.24) is 29.7 Å². The first-order valence-electron chi connectivity index (χ1n) is 11.0. The molecule has 2 aliphatic rings. The third-order valence-corrected chi connectivity index (χ3v) is 6.17. The van der Waals surface area contributed by atoms with Gasteiger partial charge in [0.15, 0.2) is 11.6 Å². The van der Waals surface area contributed by atoms with Crippen LogP contribution in [0.4, 0.5) is 0 Å². The fraction of sp³-hybridized carbons (Fsp3) is 0.435. The third-order valence-electron chi connectivity index (χ3n) is 6.17. The van der Waals surface area contributed by atoms with E-state index < -0.39 is 0 Å². The first-order valence-corrected chi connectivity index (χ1v) is 11.0. The summed E-state index contributed by atoms with van der Waals surface area (Å²) in [4.78, 5) is 9.41. The lowest BCUT2D eigenvalue weighted by molar-refractivity contribution is -0.0502. The van der Waals surface area contributed by atoms with Gasteiger partial charge in [-0.3, -0.25) is 14.3 Å². The Morgan fingerprint density at radius 3 is 2.87 bits per heavy atom. The molecule has 4 heterocycles. The van der Waals surface area contributed by atoms with Gasteiger partial charge in [-0.15, -0.1) is 10.2 Å². The second-order valence-electron chi connectivity index (χ2n) is 8.11. The molecule has 0 bridgehead atoms. The van der Waals surface area contributed by atoms with Crippen LogP contribution in [-0.2, 0) is 17.7 Å². The van der Waals surface area contributed by atoms with E-state index in [1.807, 2.05) is 35.8 Å². The topological polar surface area (TPSA) is 70.3 Å². The number of hydrogen-bond acceptors (Lipinski definition) is 5. The molecular formula is C23H29N7O. The van der Waals surface area contributed by atoms with Crippen LogP contribution in [-0.4, -0.2) is 82.3 Å². The summed E-state index contributed by atoms with van der Waals surface area (Å²) in [5, 5.41) is 12.1. The third kappa shape index (κ3) is 4.26. The Labute approximate surface area is 182 Å². The number of morpholine rings is 1. The van der Waals surface area contributed by atoms with Gasteiger partial charge >= 0.3 is 0 Å². The fourth-order valence-electron chi connectivity index (χ4n) is 4.63. The largest absolute Gasteiger partial charge is 0.373 e. The number of nitrogens with zero attached hydrogens (tertiary/aromatic N) is 6. The van der Waals surface area contributed by atoms with E-state index in [9.17, 15) is 0 Å². The van der Waals surface area contributed by atoms with Crippen molar-refractivity contribution in [3.05, 3.63) is 66.1 Å². The Hall–Kier alpha value is -2.97. The number of rotatable bonds is 5. The first kappa shape index (κ1) is 20.0. The highest BCUT2D eigenvalue weighted by molar-refractivity contribution is 5.80. The zero-order valence-electron chi connectivity index (χ0n) is 17.9. The van der Waals surface area contributed by atoms with Gasteiger partial charge in [0.05, 0.1) is 18.8 Å². The smallest absolute Gasteiger partial charge is 0.193 e. The minimum absolute atomic E-state index is 0.219. The lowest BCUT2D eigenvalue weighted by atomic mass is 10.1. The van der Waals surface area contributed by atoms with Crippen LogP contribution >= 0.6 is 0 Å². The summed E-state index contributed by atoms with van der Waals surface area (Å²) in [5.74, 6) is 1.87. The maximum absolute atomic E-state index is 6.12. The van der Waals surface area contributed by atoms with E-state index in [2.05, 4.69) is 60.6 Å². The van der Waals surface area contributed by atoms with Crippen molar-refractivity contribution in [2.24, 2.45) is 4.99 Å². The number of fused-ring (bicyclic) bond motifs is 2. The van der Waals surface area contributed by atoms with Gasteiger partial charge in [-0.1, -0.05) is 36.4 Å². The normalized spacial score (nSPS) is 22.1. The maximum atomic E-state index is 6.12. The summed E-state index contributed by atoms with van der Waals surface area (Å²) < 4.78 is 8.15. The van der Waals surface area contributed by atoms with E-state index >= 15 is 0 Å². The number of aromatic nitrogens is 3. The summed E-state index contributed by atoms with van der Waals surface area (Å²) >= 11 is 0. The Morgan fingerprint density at radius 2 is 2.00 bits per heavy atom. The molecule has 0 radical (unpaired) electrons. The standard InChI is InChI=1S/C23H29N7O/c1-24-23(25-11-10-22-27-26-21-9-5-6-12-30(21)22)29-16-19-20(17-29)31-14-13-28(19)15-18-7-3-2-4-8-18/h2-9,12,19-20H,10-11,13-17H2,1H3,(H,24,25). The predicted octanol–water partition coefficient (Wildman–Crippen LogP) is 1.43. The van der Waals surface area contributed by atoms with Gasteiger partial charge in [-0.2, -0.15) is 0 Å². The highest BCUT2D eigenvalue weighted by Crippen LogP contribution is 2.24. The van der Waals surface area contributed by atoms with Crippen LogP contribution in [0.5, 0.6) is 0 Å². The van der Waals surface area contributed by atoms with Crippen LogP contribution in [0.15, 0.2) is 59.7 Å². The number of aliphatic imine (C=N–C) groups is 1. The molecule has 5 rings (SSSR count). The van der Waals surface area contributed by atoms with Crippen LogP contribution in [0, 0.1) is 0 Å². The quantitative estimate of drug-likeness (QED) is 0.498. The minimum atomic E-state index is 0.219. The molecule has 2 saturated heterocycles. The van der Waals surface area contributed by atoms with Crippen molar-refractivity contribution in [3.63, 3.8) is 0 Å². The molecule has 8 heteroatoms. The van der Waals surface area contributed by atoms with Crippen molar-refractivity contribution in [1.29, 1.82) is 0 Å². The number of benzene rings is 1. The Balaban J connectivity index is 1.19. The van der Waals surface area contributed by atoms with Crippen LogP contribution in [0.2, 0.25) is 0 Å². The van der Waals surface area contributed by atoms with Crippen LogP contribution < -0.4 is 5.32 Å². The molecule has 2 aliphatic heterocycles. The minimum Gasteiger partial charge on any atom is -0.373 e. The molecular weight excluding hydrogens is 390 g/mol. The maximum Gasteiger partial charge on any atom is 0.193 e. The second-order valence-corrected chi connectivity index (χ2v) is 8.11. The lowest BCUT2D eigenvalue weighted by Gasteiger charge is -2.36. The SMILES string of the molecule is CN=C(NCCc1nnc2ccccn12)N1CC2OCCN(Cc3ccccc3)C2C1. The predicted molar refractivity (Wildman–Crippen MR) is 120 cm³/mol. The summed E-state index contributed by atoms with van der Waals surface area (Å²) in [5.41, 5.74) is 2.23. The summed E-state index contributed by atoms with van der Waals surface area (Å²) in [6.45, 7) is 5.26. The summed E-state index contributed by atoms with van der Waals surface area (Å²) in [6.07, 6.45) is 3.00. The first-order chi connectivity index (χ1) is 15.3. The molecule has 0 amide bonds. The molecule has 2 fully saturated rings.